The van der Waals surface area contributed by atoms with E-state index in [-0.39, 0.29) is 5.91 Å². The van der Waals surface area contributed by atoms with Crippen LogP contribution in [0.4, 0.5) is 11.5 Å². The summed E-state index contributed by atoms with van der Waals surface area (Å²) in [5, 5.41) is 3.31. The Kier molecular flexibility index (Phi) is 3.08. The van der Waals surface area contributed by atoms with Gasteiger partial charge in [0.15, 0.2) is 0 Å². The smallest absolute Gasteiger partial charge is 0.226 e. The van der Waals surface area contributed by atoms with Gasteiger partial charge in [-0.25, -0.2) is 4.98 Å². The van der Waals surface area contributed by atoms with E-state index in [9.17, 15) is 4.79 Å². The van der Waals surface area contributed by atoms with Crippen LogP contribution in [0.15, 0.2) is 18.3 Å². The van der Waals surface area contributed by atoms with Gasteiger partial charge >= 0.3 is 0 Å². The lowest BCUT2D eigenvalue weighted by molar-refractivity contribution is -0.118. The van der Waals surface area contributed by atoms with Crippen LogP contribution >= 0.6 is 0 Å². The second-order valence-electron chi connectivity index (χ2n) is 4.13. The van der Waals surface area contributed by atoms with Crippen molar-refractivity contribution in [2.24, 2.45) is 0 Å². The number of pyridine rings is 1. The van der Waals surface area contributed by atoms with Crippen molar-refractivity contribution in [3.8, 4) is 0 Å². The quantitative estimate of drug-likeness (QED) is 0.842. The number of anilines is 2. The molecule has 1 aromatic rings. The van der Waals surface area contributed by atoms with Gasteiger partial charge in [0.2, 0.25) is 5.91 Å². The monoisotopic (exact) mass is 219 g/mol. The summed E-state index contributed by atoms with van der Waals surface area (Å²) in [6.07, 6.45) is 4.71. The van der Waals surface area contributed by atoms with Gasteiger partial charge in [0.1, 0.15) is 5.82 Å². The van der Waals surface area contributed by atoms with Crippen molar-refractivity contribution in [2.75, 3.05) is 17.3 Å². The van der Waals surface area contributed by atoms with Crippen LogP contribution in [0.3, 0.4) is 0 Å². The first-order chi connectivity index (χ1) is 7.70. The maximum Gasteiger partial charge on any atom is 0.226 e. The predicted octanol–water partition coefficient (Wildman–Crippen LogP) is 2.03. The average molecular weight is 219 g/mol. The molecular weight excluding hydrogens is 202 g/mol. The molecule has 0 aliphatic heterocycles. The number of aromatic nitrogens is 1. The van der Waals surface area contributed by atoms with Gasteiger partial charge in [0.25, 0.3) is 0 Å². The third-order valence-electron chi connectivity index (χ3n) is 2.74. The second-order valence-corrected chi connectivity index (χ2v) is 4.13. The van der Waals surface area contributed by atoms with Gasteiger partial charge in [0, 0.05) is 19.5 Å². The van der Waals surface area contributed by atoms with Gasteiger partial charge in [-0.05, 0) is 25.0 Å². The molecule has 1 fully saturated rings. The van der Waals surface area contributed by atoms with Crippen molar-refractivity contribution < 1.29 is 4.79 Å². The highest BCUT2D eigenvalue weighted by atomic mass is 16.2. The fourth-order valence-corrected chi connectivity index (χ4v) is 1.49. The van der Waals surface area contributed by atoms with Crippen LogP contribution in [0.2, 0.25) is 0 Å². The van der Waals surface area contributed by atoms with Crippen molar-refractivity contribution in [2.45, 2.75) is 32.2 Å². The molecule has 1 heterocycles. The molecule has 0 spiro atoms. The molecular formula is C12H17N3O. The Morgan fingerprint density at radius 2 is 2.31 bits per heavy atom. The molecule has 1 N–H and O–H groups in total. The normalized spacial score (nSPS) is 14.6. The highest BCUT2D eigenvalue weighted by molar-refractivity contribution is 5.92. The minimum absolute atomic E-state index is 0.102. The zero-order chi connectivity index (χ0) is 11.5. The molecule has 16 heavy (non-hydrogen) atoms. The fourth-order valence-electron chi connectivity index (χ4n) is 1.49. The van der Waals surface area contributed by atoms with Crippen molar-refractivity contribution in [3.63, 3.8) is 0 Å². The maximum atomic E-state index is 11.5. The van der Waals surface area contributed by atoms with E-state index in [4.69, 9.17) is 0 Å². The maximum absolute atomic E-state index is 11.5. The number of amides is 1. The summed E-state index contributed by atoms with van der Waals surface area (Å²) in [7, 11) is 1.77. The van der Waals surface area contributed by atoms with Crippen molar-refractivity contribution in [1.82, 2.24) is 4.98 Å². The molecule has 0 saturated heterocycles. The van der Waals surface area contributed by atoms with E-state index in [1.54, 1.807) is 18.1 Å². The molecule has 1 amide bonds. The molecule has 1 aliphatic carbocycles. The zero-order valence-corrected chi connectivity index (χ0v) is 9.73. The third kappa shape index (κ3) is 2.51. The molecule has 1 saturated carbocycles. The van der Waals surface area contributed by atoms with Crippen molar-refractivity contribution in [3.05, 3.63) is 18.3 Å². The van der Waals surface area contributed by atoms with E-state index in [2.05, 4.69) is 10.3 Å². The van der Waals surface area contributed by atoms with Gasteiger partial charge in [-0.3, -0.25) is 4.79 Å². The first-order valence-electron chi connectivity index (χ1n) is 5.70. The van der Waals surface area contributed by atoms with Gasteiger partial charge in [0.05, 0.1) is 11.9 Å². The third-order valence-corrected chi connectivity index (χ3v) is 2.74. The Hall–Kier alpha value is -1.58. The second kappa shape index (κ2) is 4.51. The van der Waals surface area contributed by atoms with E-state index in [0.29, 0.717) is 12.5 Å². The van der Waals surface area contributed by atoms with E-state index in [0.717, 1.165) is 11.5 Å². The van der Waals surface area contributed by atoms with Crippen LogP contribution < -0.4 is 10.2 Å². The van der Waals surface area contributed by atoms with Crippen LogP contribution in [0.25, 0.3) is 0 Å². The minimum atomic E-state index is 0.102. The Morgan fingerprint density at radius 1 is 1.56 bits per heavy atom. The number of carbonyl (C=O) groups excluding carboxylic acids is 1. The summed E-state index contributed by atoms with van der Waals surface area (Å²) in [6.45, 7) is 1.86. The highest BCUT2D eigenvalue weighted by Gasteiger charge is 2.21. The van der Waals surface area contributed by atoms with Crippen LogP contribution in [0.1, 0.15) is 26.2 Å². The molecule has 86 valence electrons. The van der Waals surface area contributed by atoms with Crippen LogP contribution in [0.5, 0.6) is 0 Å². The van der Waals surface area contributed by atoms with E-state index >= 15 is 0 Å². The molecule has 1 aromatic heterocycles. The zero-order valence-electron chi connectivity index (χ0n) is 9.73. The summed E-state index contributed by atoms with van der Waals surface area (Å²) in [6, 6.07) is 4.45. The Balaban J connectivity index is 2.02. The molecule has 0 bridgehead atoms. The molecule has 4 heteroatoms. The highest BCUT2D eigenvalue weighted by Crippen LogP contribution is 2.24. The predicted molar refractivity (Wildman–Crippen MR) is 64.6 cm³/mol. The summed E-state index contributed by atoms with van der Waals surface area (Å²) in [5.41, 5.74) is 0.841. The van der Waals surface area contributed by atoms with Crippen LogP contribution in [-0.4, -0.2) is 24.0 Å². The van der Waals surface area contributed by atoms with Gasteiger partial charge in [-0.1, -0.05) is 6.92 Å². The summed E-state index contributed by atoms with van der Waals surface area (Å²) in [4.78, 5) is 17.4. The number of rotatable bonds is 4. The SMILES string of the molecule is CCC(=O)N(C)c1ccc(NC2CC2)nc1. The average Bonchev–Trinajstić information content (AvgIpc) is 3.12. The van der Waals surface area contributed by atoms with Gasteiger partial charge in [-0.2, -0.15) is 0 Å². The topological polar surface area (TPSA) is 45.2 Å². The van der Waals surface area contributed by atoms with Crippen LogP contribution in [-0.2, 0) is 4.79 Å². The summed E-state index contributed by atoms with van der Waals surface area (Å²) in [5.74, 6) is 0.994. The lowest BCUT2D eigenvalue weighted by Crippen LogP contribution is -2.25. The van der Waals surface area contributed by atoms with Crippen molar-refractivity contribution >= 4 is 17.4 Å². The van der Waals surface area contributed by atoms with E-state index in [1.165, 1.54) is 12.8 Å². The Morgan fingerprint density at radius 3 is 2.81 bits per heavy atom. The van der Waals surface area contributed by atoms with Gasteiger partial charge < -0.3 is 10.2 Å². The molecule has 0 unspecified atom stereocenters. The number of carbonyl (C=O) groups is 1. The minimum Gasteiger partial charge on any atom is -0.367 e. The molecule has 0 atom stereocenters. The molecule has 4 nitrogen and oxygen atoms in total. The van der Waals surface area contributed by atoms with E-state index in [1.807, 2.05) is 19.1 Å². The number of nitrogens with one attached hydrogen (secondary N) is 1. The summed E-state index contributed by atoms with van der Waals surface area (Å²) < 4.78 is 0. The molecule has 0 radical (unpaired) electrons. The molecule has 0 aromatic carbocycles. The summed E-state index contributed by atoms with van der Waals surface area (Å²) >= 11 is 0. The Bertz CT molecular complexity index is 370. The van der Waals surface area contributed by atoms with Crippen LogP contribution in [0, 0.1) is 0 Å². The fraction of sp³-hybridized carbons (Fsp3) is 0.500. The van der Waals surface area contributed by atoms with Gasteiger partial charge in [-0.15, -0.1) is 0 Å². The number of hydrogen-bond donors (Lipinski definition) is 1. The first-order valence-corrected chi connectivity index (χ1v) is 5.70. The standard InChI is InChI=1S/C12H17N3O/c1-3-12(16)15(2)10-6-7-11(13-8-10)14-9-4-5-9/h6-9H,3-5H2,1-2H3,(H,13,14). The lowest BCUT2D eigenvalue weighted by atomic mass is 10.3. The molecule has 2 rings (SSSR count). The molecule has 1 aliphatic rings. The largest absolute Gasteiger partial charge is 0.367 e. The lowest BCUT2D eigenvalue weighted by Gasteiger charge is -2.16. The number of hydrogen-bond acceptors (Lipinski definition) is 3. The van der Waals surface area contributed by atoms with E-state index < -0.39 is 0 Å². The number of nitrogens with zero attached hydrogens (tertiary/aromatic N) is 2. The first kappa shape index (κ1) is 10.9. The Labute approximate surface area is 95.7 Å². The van der Waals surface area contributed by atoms with Crippen molar-refractivity contribution in [1.29, 1.82) is 0 Å².